The largest absolute Gasteiger partial charge is 0.481 e. The highest BCUT2D eigenvalue weighted by atomic mass is 16.5. The van der Waals surface area contributed by atoms with Gasteiger partial charge < -0.3 is 10.1 Å². The van der Waals surface area contributed by atoms with Gasteiger partial charge in [0.05, 0.1) is 12.6 Å². The van der Waals surface area contributed by atoms with Crippen LogP contribution in [-0.2, 0) is 13.1 Å². The molecule has 0 aliphatic heterocycles. The van der Waals surface area contributed by atoms with Gasteiger partial charge in [0.15, 0.2) is 0 Å². The molecule has 7 nitrogen and oxygen atoms in total. The van der Waals surface area contributed by atoms with E-state index < -0.39 is 0 Å². The molecule has 0 aliphatic carbocycles. The fourth-order valence-electron chi connectivity index (χ4n) is 2.30. The lowest BCUT2D eigenvalue weighted by molar-refractivity contribution is 0.0951. The van der Waals surface area contributed by atoms with Gasteiger partial charge in [0.25, 0.3) is 5.91 Å². The van der Waals surface area contributed by atoms with Crippen molar-refractivity contribution in [2.24, 2.45) is 0 Å². The standard InChI is InChI=1S/C16H17N5O2/c1-3-21-14-5-4-12(9-13(14)19-20-21)16(22)18-10-11-6-7-17-15(8-11)23-2/h4-9H,3,10H2,1-2H3,(H,18,22). The summed E-state index contributed by atoms with van der Waals surface area (Å²) in [6, 6.07) is 9.01. The Morgan fingerprint density at radius 3 is 2.96 bits per heavy atom. The number of nitrogens with one attached hydrogen (secondary N) is 1. The minimum Gasteiger partial charge on any atom is -0.481 e. The second kappa shape index (κ2) is 6.43. The maximum absolute atomic E-state index is 12.3. The van der Waals surface area contributed by atoms with Gasteiger partial charge in [-0.3, -0.25) is 4.79 Å². The van der Waals surface area contributed by atoms with E-state index in [0.29, 0.717) is 23.5 Å². The second-order valence-corrected chi connectivity index (χ2v) is 5.00. The lowest BCUT2D eigenvalue weighted by Gasteiger charge is -2.06. The van der Waals surface area contributed by atoms with Crippen molar-refractivity contribution in [3.8, 4) is 5.88 Å². The van der Waals surface area contributed by atoms with Crippen LogP contribution < -0.4 is 10.1 Å². The molecule has 0 fully saturated rings. The lowest BCUT2D eigenvalue weighted by Crippen LogP contribution is -2.22. The summed E-state index contributed by atoms with van der Waals surface area (Å²) in [6.07, 6.45) is 1.65. The molecule has 2 heterocycles. The van der Waals surface area contributed by atoms with Crippen molar-refractivity contribution >= 4 is 16.9 Å². The zero-order chi connectivity index (χ0) is 16.2. The summed E-state index contributed by atoms with van der Waals surface area (Å²) in [5.74, 6) is 0.364. The first-order valence-corrected chi connectivity index (χ1v) is 7.31. The fourth-order valence-corrected chi connectivity index (χ4v) is 2.30. The number of benzene rings is 1. The van der Waals surface area contributed by atoms with E-state index >= 15 is 0 Å². The van der Waals surface area contributed by atoms with E-state index in [0.717, 1.165) is 17.6 Å². The smallest absolute Gasteiger partial charge is 0.251 e. The highest BCUT2D eigenvalue weighted by Gasteiger charge is 2.10. The van der Waals surface area contributed by atoms with Gasteiger partial charge in [-0.1, -0.05) is 5.21 Å². The van der Waals surface area contributed by atoms with Crippen molar-refractivity contribution in [1.29, 1.82) is 0 Å². The molecule has 1 amide bonds. The van der Waals surface area contributed by atoms with Crippen LogP contribution in [0.15, 0.2) is 36.5 Å². The third-order valence-corrected chi connectivity index (χ3v) is 3.54. The highest BCUT2D eigenvalue weighted by molar-refractivity contribution is 5.97. The van der Waals surface area contributed by atoms with E-state index in [1.807, 2.05) is 19.1 Å². The Bertz CT molecular complexity index is 843. The zero-order valence-electron chi connectivity index (χ0n) is 13.0. The van der Waals surface area contributed by atoms with Crippen LogP contribution in [0.25, 0.3) is 11.0 Å². The number of methoxy groups -OCH3 is 1. The SMILES string of the molecule is CCn1nnc2cc(C(=O)NCc3ccnc(OC)c3)ccc21. The summed E-state index contributed by atoms with van der Waals surface area (Å²) < 4.78 is 6.86. The maximum Gasteiger partial charge on any atom is 0.251 e. The second-order valence-electron chi connectivity index (χ2n) is 5.00. The van der Waals surface area contributed by atoms with Crippen LogP contribution in [0, 0.1) is 0 Å². The van der Waals surface area contributed by atoms with Crippen LogP contribution in [0.2, 0.25) is 0 Å². The molecule has 1 N–H and O–H groups in total. The van der Waals surface area contributed by atoms with Gasteiger partial charge in [0, 0.05) is 30.9 Å². The number of hydrogen-bond donors (Lipinski definition) is 1. The highest BCUT2D eigenvalue weighted by Crippen LogP contribution is 2.14. The number of aryl methyl sites for hydroxylation is 1. The number of amides is 1. The van der Waals surface area contributed by atoms with Crippen molar-refractivity contribution in [2.45, 2.75) is 20.0 Å². The summed E-state index contributed by atoms with van der Waals surface area (Å²) in [5.41, 5.74) is 3.11. The number of fused-ring (bicyclic) bond motifs is 1. The first-order chi connectivity index (χ1) is 11.2. The van der Waals surface area contributed by atoms with Crippen molar-refractivity contribution in [3.05, 3.63) is 47.7 Å². The topological polar surface area (TPSA) is 81.9 Å². The van der Waals surface area contributed by atoms with E-state index in [-0.39, 0.29) is 5.91 Å². The molecule has 0 aliphatic rings. The van der Waals surface area contributed by atoms with Crippen LogP contribution in [-0.4, -0.2) is 33.0 Å². The summed E-state index contributed by atoms with van der Waals surface area (Å²) in [6.45, 7) is 3.14. The molecular formula is C16H17N5O2. The normalized spacial score (nSPS) is 10.7. The Labute approximate surface area is 133 Å². The quantitative estimate of drug-likeness (QED) is 0.777. The lowest BCUT2D eigenvalue weighted by atomic mass is 10.1. The molecular weight excluding hydrogens is 294 g/mol. The first kappa shape index (κ1) is 15.0. The Morgan fingerprint density at radius 1 is 1.30 bits per heavy atom. The molecule has 118 valence electrons. The average Bonchev–Trinajstić information content (AvgIpc) is 3.02. The van der Waals surface area contributed by atoms with E-state index in [4.69, 9.17) is 4.74 Å². The Kier molecular flexibility index (Phi) is 4.18. The molecule has 0 radical (unpaired) electrons. The van der Waals surface area contributed by atoms with Crippen molar-refractivity contribution in [3.63, 3.8) is 0 Å². The maximum atomic E-state index is 12.3. The van der Waals surface area contributed by atoms with Crippen molar-refractivity contribution in [1.82, 2.24) is 25.3 Å². The Hall–Kier alpha value is -2.96. The summed E-state index contributed by atoms with van der Waals surface area (Å²) in [5, 5.41) is 11.0. The molecule has 0 saturated carbocycles. The molecule has 1 aromatic carbocycles. The van der Waals surface area contributed by atoms with E-state index in [1.54, 1.807) is 36.2 Å². The molecule has 3 rings (SSSR count). The summed E-state index contributed by atoms with van der Waals surface area (Å²) in [4.78, 5) is 16.3. The number of ether oxygens (including phenoxy) is 1. The van der Waals surface area contributed by atoms with E-state index in [2.05, 4.69) is 20.6 Å². The number of rotatable bonds is 5. The molecule has 2 aromatic heterocycles. The summed E-state index contributed by atoms with van der Waals surface area (Å²) >= 11 is 0. The van der Waals surface area contributed by atoms with Crippen LogP contribution in [0.5, 0.6) is 5.88 Å². The molecule has 3 aromatic rings. The predicted octanol–water partition coefficient (Wildman–Crippen LogP) is 1.78. The number of pyridine rings is 1. The molecule has 0 saturated heterocycles. The van der Waals surface area contributed by atoms with Crippen molar-refractivity contribution in [2.75, 3.05) is 7.11 Å². The van der Waals surface area contributed by atoms with Crippen LogP contribution in [0.3, 0.4) is 0 Å². The molecule has 0 unspecified atom stereocenters. The average molecular weight is 311 g/mol. The predicted molar refractivity (Wildman–Crippen MR) is 85.2 cm³/mol. The number of aromatic nitrogens is 4. The molecule has 7 heteroatoms. The first-order valence-electron chi connectivity index (χ1n) is 7.31. The number of carbonyl (C=O) groups excluding carboxylic acids is 1. The molecule has 0 bridgehead atoms. The van der Waals surface area contributed by atoms with Crippen LogP contribution >= 0.6 is 0 Å². The minimum absolute atomic E-state index is 0.159. The van der Waals surface area contributed by atoms with Gasteiger partial charge in [-0.15, -0.1) is 5.10 Å². The van der Waals surface area contributed by atoms with Gasteiger partial charge in [-0.2, -0.15) is 0 Å². The minimum atomic E-state index is -0.159. The van der Waals surface area contributed by atoms with Crippen molar-refractivity contribution < 1.29 is 9.53 Å². The molecule has 0 atom stereocenters. The van der Waals surface area contributed by atoms with E-state index in [1.165, 1.54) is 0 Å². The fraction of sp³-hybridized carbons (Fsp3) is 0.250. The van der Waals surface area contributed by atoms with Gasteiger partial charge in [-0.05, 0) is 36.8 Å². The monoisotopic (exact) mass is 311 g/mol. The molecule has 23 heavy (non-hydrogen) atoms. The van der Waals surface area contributed by atoms with Crippen LogP contribution in [0.1, 0.15) is 22.8 Å². The summed E-state index contributed by atoms with van der Waals surface area (Å²) in [7, 11) is 1.56. The Balaban J connectivity index is 1.72. The zero-order valence-corrected chi connectivity index (χ0v) is 13.0. The third kappa shape index (κ3) is 3.13. The number of hydrogen-bond acceptors (Lipinski definition) is 5. The number of carbonyl (C=O) groups is 1. The third-order valence-electron chi connectivity index (χ3n) is 3.54. The Morgan fingerprint density at radius 2 is 2.17 bits per heavy atom. The number of nitrogens with zero attached hydrogens (tertiary/aromatic N) is 4. The van der Waals surface area contributed by atoms with E-state index in [9.17, 15) is 4.79 Å². The van der Waals surface area contributed by atoms with Gasteiger partial charge in [0.1, 0.15) is 5.52 Å². The van der Waals surface area contributed by atoms with Crippen LogP contribution in [0.4, 0.5) is 0 Å². The van der Waals surface area contributed by atoms with Gasteiger partial charge >= 0.3 is 0 Å². The van der Waals surface area contributed by atoms with Gasteiger partial charge in [0.2, 0.25) is 5.88 Å². The molecule has 0 spiro atoms. The van der Waals surface area contributed by atoms with Gasteiger partial charge in [-0.25, -0.2) is 9.67 Å².